The minimum Gasteiger partial charge on any atom is -0.494 e. The van der Waals surface area contributed by atoms with Crippen LogP contribution >= 0.6 is 0 Å². The summed E-state index contributed by atoms with van der Waals surface area (Å²) in [4.78, 5) is 12.4. The topological polar surface area (TPSA) is 44.8 Å². The van der Waals surface area contributed by atoms with Gasteiger partial charge in [-0.2, -0.15) is 0 Å². The maximum absolute atomic E-state index is 12.4. The molecule has 2 aromatic rings. The second-order valence-electron chi connectivity index (χ2n) is 9.60. The summed E-state index contributed by atoms with van der Waals surface area (Å²) in [5, 5.41) is 0. The van der Waals surface area contributed by atoms with Crippen LogP contribution in [0.5, 0.6) is 17.2 Å². The Morgan fingerprint density at radius 3 is 2.11 bits per heavy atom. The van der Waals surface area contributed by atoms with E-state index in [1.54, 1.807) is 36.4 Å². The molecule has 0 amide bonds. The summed E-state index contributed by atoms with van der Waals surface area (Å²) in [5.74, 6) is 3.28. The van der Waals surface area contributed by atoms with Gasteiger partial charge in [0, 0.05) is 0 Å². The molecule has 2 aromatic carbocycles. The lowest BCUT2D eigenvalue weighted by molar-refractivity contribution is 0.0734. The smallest absolute Gasteiger partial charge is 0.343 e. The number of carbonyl (C=O) groups excluding carboxylic acids is 1. The Bertz CT molecular complexity index is 877. The second-order valence-corrected chi connectivity index (χ2v) is 9.60. The fourth-order valence-electron chi connectivity index (χ4n) is 4.54. The molecule has 0 bridgehead atoms. The summed E-state index contributed by atoms with van der Waals surface area (Å²) < 4.78 is 17.0. The average molecular weight is 479 g/mol. The molecule has 4 heteroatoms. The Kier molecular flexibility index (Phi) is 11.7. The van der Waals surface area contributed by atoms with Gasteiger partial charge in [0.15, 0.2) is 0 Å². The van der Waals surface area contributed by atoms with Gasteiger partial charge in [0.2, 0.25) is 0 Å². The van der Waals surface area contributed by atoms with Gasteiger partial charge in [-0.3, -0.25) is 0 Å². The van der Waals surface area contributed by atoms with E-state index in [1.807, 2.05) is 12.1 Å². The highest BCUT2D eigenvalue weighted by Gasteiger charge is 2.18. The molecular formula is C31H42O4. The summed E-state index contributed by atoms with van der Waals surface area (Å²) in [6, 6.07) is 14.3. The average Bonchev–Trinajstić information content (AvgIpc) is 2.89. The Hall–Kier alpha value is -2.75. The fourth-order valence-corrected chi connectivity index (χ4v) is 4.54. The molecule has 0 aromatic heterocycles. The zero-order valence-electron chi connectivity index (χ0n) is 21.5. The van der Waals surface area contributed by atoms with Gasteiger partial charge < -0.3 is 14.2 Å². The van der Waals surface area contributed by atoms with E-state index in [1.165, 1.54) is 51.4 Å². The number of benzene rings is 2. The van der Waals surface area contributed by atoms with E-state index in [0.717, 1.165) is 30.3 Å². The van der Waals surface area contributed by atoms with Crippen LogP contribution in [0.3, 0.4) is 0 Å². The van der Waals surface area contributed by atoms with Gasteiger partial charge in [-0.05, 0) is 92.5 Å². The molecule has 0 heterocycles. The Morgan fingerprint density at radius 1 is 0.800 bits per heavy atom. The summed E-state index contributed by atoms with van der Waals surface area (Å²) in [6.45, 7) is 5.64. The van der Waals surface area contributed by atoms with Gasteiger partial charge >= 0.3 is 5.97 Å². The SMILES string of the molecule is CCCCC[C@H]1CC[C@H](/C=C/COc2ccc(OC(=O)c3ccc(OCCCC)cc3)cc2)CC1. The molecule has 1 saturated carbocycles. The van der Waals surface area contributed by atoms with E-state index in [9.17, 15) is 4.79 Å². The molecule has 35 heavy (non-hydrogen) atoms. The van der Waals surface area contributed by atoms with Crippen LogP contribution < -0.4 is 14.2 Å². The predicted molar refractivity (Wildman–Crippen MR) is 142 cm³/mol. The molecule has 0 N–H and O–H groups in total. The van der Waals surface area contributed by atoms with Crippen LogP contribution in [-0.2, 0) is 0 Å². The highest BCUT2D eigenvalue weighted by molar-refractivity contribution is 5.91. The minimum absolute atomic E-state index is 0.387. The summed E-state index contributed by atoms with van der Waals surface area (Å²) in [6.07, 6.45) is 17.4. The zero-order chi connectivity index (χ0) is 24.7. The van der Waals surface area contributed by atoms with Crippen molar-refractivity contribution in [3.63, 3.8) is 0 Å². The van der Waals surface area contributed by atoms with Crippen molar-refractivity contribution in [2.45, 2.75) is 78.1 Å². The van der Waals surface area contributed by atoms with E-state index >= 15 is 0 Å². The van der Waals surface area contributed by atoms with Crippen LogP contribution in [0.15, 0.2) is 60.7 Å². The highest BCUT2D eigenvalue weighted by atomic mass is 16.5. The van der Waals surface area contributed by atoms with Gasteiger partial charge in [-0.15, -0.1) is 0 Å². The van der Waals surface area contributed by atoms with Crippen molar-refractivity contribution in [2.75, 3.05) is 13.2 Å². The monoisotopic (exact) mass is 478 g/mol. The molecule has 1 aliphatic rings. The van der Waals surface area contributed by atoms with Crippen LogP contribution in [0.1, 0.15) is 88.4 Å². The molecule has 0 spiro atoms. The summed E-state index contributed by atoms with van der Waals surface area (Å²) in [5.41, 5.74) is 0.494. The fraction of sp³-hybridized carbons (Fsp3) is 0.516. The molecule has 0 radical (unpaired) electrons. The Balaban J connectivity index is 1.35. The van der Waals surface area contributed by atoms with Gasteiger partial charge in [0.05, 0.1) is 12.2 Å². The van der Waals surface area contributed by atoms with E-state index in [0.29, 0.717) is 30.4 Å². The number of rotatable bonds is 14. The number of allylic oxidation sites excluding steroid dienone is 1. The van der Waals surface area contributed by atoms with Gasteiger partial charge in [-0.25, -0.2) is 4.79 Å². The molecule has 1 fully saturated rings. The van der Waals surface area contributed by atoms with Crippen molar-refractivity contribution in [3.05, 3.63) is 66.2 Å². The minimum atomic E-state index is -0.387. The van der Waals surface area contributed by atoms with Crippen molar-refractivity contribution in [2.24, 2.45) is 11.8 Å². The lowest BCUT2D eigenvalue weighted by Crippen LogP contribution is -2.13. The first kappa shape index (κ1) is 26.8. The molecule has 1 aliphatic carbocycles. The van der Waals surface area contributed by atoms with Crippen LogP contribution in [0.2, 0.25) is 0 Å². The first-order valence-corrected chi connectivity index (χ1v) is 13.5. The molecule has 0 unspecified atom stereocenters. The lowest BCUT2D eigenvalue weighted by Gasteiger charge is -2.26. The predicted octanol–water partition coefficient (Wildman–Crippen LogP) is 8.41. The van der Waals surface area contributed by atoms with E-state index in [2.05, 4.69) is 26.0 Å². The first-order valence-electron chi connectivity index (χ1n) is 13.5. The highest BCUT2D eigenvalue weighted by Crippen LogP contribution is 2.32. The number of hydrogen-bond acceptors (Lipinski definition) is 4. The molecule has 0 atom stereocenters. The maximum atomic E-state index is 12.4. The summed E-state index contributed by atoms with van der Waals surface area (Å²) >= 11 is 0. The third-order valence-electron chi connectivity index (χ3n) is 6.75. The first-order chi connectivity index (χ1) is 17.2. The molecule has 0 saturated heterocycles. The van der Waals surface area contributed by atoms with E-state index < -0.39 is 0 Å². The largest absolute Gasteiger partial charge is 0.494 e. The van der Waals surface area contributed by atoms with Crippen LogP contribution in [-0.4, -0.2) is 19.2 Å². The number of hydrogen-bond donors (Lipinski definition) is 0. The Labute approximate surface area is 211 Å². The van der Waals surface area contributed by atoms with Gasteiger partial charge in [0.1, 0.15) is 23.9 Å². The zero-order valence-corrected chi connectivity index (χ0v) is 21.5. The standard InChI is InChI=1S/C31H42O4/c1-3-5-7-9-25-11-13-26(14-12-25)10-8-24-34-29-19-21-30(22-20-29)35-31(32)27-15-17-28(18-16-27)33-23-6-4-2/h8,10,15-22,25-26H,3-7,9,11-14,23-24H2,1-2H3/b10-8+/t25-,26-. The van der Waals surface area contributed by atoms with Crippen molar-refractivity contribution in [3.8, 4) is 17.2 Å². The number of carbonyl (C=O) groups is 1. The molecule has 190 valence electrons. The van der Waals surface area contributed by atoms with E-state index in [4.69, 9.17) is 14.2 Å². The Morgan fingerprint density at radius 2 is 1.43 bits per heavy atom. The van der Waals surface area contributed by atoms with Crippen molar-refractivity contribution >= 4 is 5.97 Å². The third-order valence-corrected chi connectivity index (χ3v) is 6.75. The molecule has 0 aliphatic heterocycles. The number of ether oxygens (including phenoxy) is 3. The van der Waals surface area contributed by atoms with Gasteiger partial charge in [-0.1, -0.05) is 58.1 Å². The molecule has 3 rings (SSSR count). The normalized spacial score (nSPS) is 17.9. The van der Waals surface area contributed by atoms with Crippen molar-refractivity contribution < 1.29 is 19.0 Å². The van der Waals surface area contributed by atoms with Gasteiger partial charge in [0.25, 0.3) is 0 Å². The maximum Gasteiger partial charge on any atom is 0.343 e. The third kappa shape index (κ3) is 9.79. The van der Waals surface area contributed by atoms with Crippen LogP contribution in [0.25, 0.3) is 0 Å². The van der Waals surface area contributed by atoms with Crippen molar-refractivity contribution in [1.29, 1.82) is 0 Å². The lowest BCUT2D eigenvalue weighted by atomic mass is 9.79. The van der Waals surface area contributed by atoms with Crippen LogP contribution in [0.4, 0.5) is 0 Å². The summed E-state index contributed by atoms with van der Waals surface area (Å²) in [7, 11) is 0. The number of esters is 1. The van der Waals surface area contributed by atoms with Crippen LogP contribution in [0, 0.1) is 11.8 Å². The number of unbranched alkanes of at least 4 members (excludes halogenated alkanes) is 3. The molecule has 4 nitrogen and oxygen atoms in total. The second kappa shape index (κ2) is 15.3. The van der Waals surface area contributed by atoms with Crippen molar-refractivity contribution in [1.82, 2.24) is 0 Å². The van der Waals surface area contributed by atoms with E-state index in [-0.39, 0.29) is 5.97 Å². The molecular weight excluding hydrogens is 436 g/mol. The quantitative estimate of drug-likeness (QED) is 0.118.